The zero-order chi connectivity index (χ0) is 20.0. The minimum Gasteiger partial charge on any atom is -0.456 e. The Bertz CT molecular complexity index is 637. The van der Waals surface area contributed by atoms with E-state index in [-0.39, 0.29) is 42.3 Å². The normalized spacial score (nSPS) is 11.6. The number of carbonyl (C=O) groups is 3. The lowest BCUT2D eigenvalue weighted by Gasteiger charge is -2.20. The van der Waals surface area contributed by atoms with Crippen molar-refractivity contribution in [2.45, 2.75) is 58.9 Å². The van der Waals surface area contributed by atoms with Crippen LogP contribution in [0.3, 0.4) is 0 Å². The van der Waals surface area contributed by atoms with Gasteiger partial charge in [0.2, 0.25) is 0 Å². The predicted octanol–water partition coefficient (Wildman–Crippen LogP) is 2.56. The lowest BCUT2D eigenvalue weighted by Crippen LogP contribution is -2.42. The fourth-order valence-corrected chi connectivity index (χ4v) is 2.17. The molecule has 0 bridgehead atoms. The molecule has 6 nitrogen and oxygen atoms in total. The molecule has 0 heterocycles. The van der Waals surface area contributed by atoms with Gasteiger partial charge in [-0.15, -0.1) is 0 Å². The number of esters is 1. The Morgan fingerprint density at radius 3 is 2.04 bits per heavy atom. The van der Waals surface area contributed by atoms with E-state index in [2.05, 4.69) is 31.4 Å². The molecular formula is C20H30N2O4. The Morgan fingerprint density at radius 1 is 0.962 bits per heavy atom. The van der Waals surface area contributed by atoms with Crippen molar-refractivity contribution in [3.63, 3.8) is 0 Å². The first kappa shape index (κ1) is 21.7. The van der Waals surface area contributed by atoms with Crippen LogP contribution < -0.4 is 10.6 Å². The Hall–Kier alpha value is -2.37. The maximum absolute atomic E-state index is 12.1. The van der Waals surface area contributed by atoms with E-state index in [4.69, 9.17) is 4.74 Å². The van der Waals surface area contributed by atoms with E-state index in [0.29, 0.717) is 5.56 Å². The molecule has 0 aliphatic heterocycles. The number of hydrogen-bond donors (Lipinski definition) is 2. The second-order valence-corrected chi connectivity index (χ2v) is 8.29. The van der Waals surface area contributed by atoms with E-state index < -0.39 is 5.97 Å². The summed E-state index contributed by atoms with van der Waals surface area (Å²) >= 11 is 0. The number of benzene rings is 1. The molecule has 0 saturated heterocycles. The zero-order valence-corrected chi connectivity index (χ0v) is 16.6. The summed E-state index contributed by atoms with van der Waals surface area (Å²) in [6, 6.07) is 7.39. The lowest BCUT2D eigenvalue weighted by molar-refractivity contribution is -0.148. The minimum absolute atomic E-state index is 0.00854. The van der Waals surface area contributed by atoms with Crippen molar-refractivity contribution in [1.29, 1.82) is 0 Å². The largest absolute Gasteiger partial charge is 0.456 e. The number of rotatable bonds is 6. The van der Waals surface area contributed by atoms with E-state index >= 15 is 0 Å². The van der Waals surface area contributed by atoms with Crippen LogP contribution in [0.1, 0.15) is 63.9 Å². The molecule has 144 valence electrons. The zero-order valence-electron chi connectivity index (χ0n) is 16.6. The Labute approximate surface area is 155 Å². The Balaban J connectivity index is 2.35. The summed E-state index contributed by atoms with van der Waals surface area (Å²) < 4.78 is 4.89. The molecule has 6 heteroatoms. The first-order valence-electron chi connectivity index (χ1n) is 8.74. The van der Waals surface area contributed by atoms with Crippen LogP contribution in [0.15, 0.2) is 24.3 Å². The summed E-state index contributed by atoms with van der Waals surface area (Å²) in [6.45, 7) is 11.7. The second kappa shape index (κ2) is 8.83. The van der Waals surface area contributed by atoms with Crippen molar-refractivity contribution in [3.8, 4) is 0 Å². The summed E-state index contributed by atoms with van der Waals surface area (Å²) in [5, 5.41) is 5.37. The van der Waals surface area contributed by atoms with E-state index in [1.807, 2.05) is 32.9 Å². The van der Waals surface area contributed by atoms with Gasteiger partial charge in [0.25, 0.3) is 11.8 Å². The SMILES string of the molecule is CC(C)(C)NC(=O)COC(=O)CCNC(=O)c1ccc(C(C)(C)C)cc1. The van der Waals surface area contributed by atoms with Crippen molar-refractivity contribution in [2.24, 2.45) is 0 Å². The summed E-state index contributed by atoms with van der Waals surface area (Å²) in [5.74, 6) is -1.13. The van der Waals surface area contributed by atoms with Gasteiger partial charge in [0, 0.05) is 17.6 Å². The van der Waals surface area contributed by atoms with E-state index in [0.717, 1.165) is 5.56 Å². The number of nitrogens with one attached hydrogen (secondary N) is 2. The summed E-state index contributed by atoms with van der Waals surface area (Å²) in [4.78, 5) is 35.3. The van der Waals surface area contributed by atoms with Gasteiger partial charge in [-0.1, -0.05) is 32.9 Å². The van der Waals surface area contributed by atoms with Crippen LogP contribution in [0.5, 0.6) is 0 Å². The summed E-state index contributed by atoms with van der Waals surface area (Å²) in [6.07, 6.45) is 0.00854. The third-order valence-corrected chi connectivity index (χ3v) is 3.51. The number of hydrogen-bond acceptors (Lipinski definition) is 4. The van der Waals surface area contributed by atoms with Crippen molar-refractivity contribution in [3.05, 3.63) is 35.4 Å². The van der Waals surface area contributed by atoms with Gasteiger partial charge in [-0.05, 0) is 43.9 Å². The third kappa shape index (κ3) is 8.14. The number of carbonyl (C=O) groups excluding carboxylic acids is 3. The molecular weight excluding hydrogens is 332 g/mol. The van der Waals surface area contributed by atoms with Gasteiger partial charge in [0.15, 0.2) is 6.61 Å². The van der Waals surface area contributed by atoms with Crippen molar-refractivity contribution < 1.29 is 19.1 Å². The van der Waals surface area contributed by atoms with Gasteiger partial charge in [-0.3, -0.25) is 14.4 Å². The molecule has 0 fully saturated rings. The monoisotopic (exact) mass is 362 g/mol. The molecule has 0 spiro atoms. The molecule has 0 unspecified atom stereocenters. The molecule has 2 amide bonds. The molecule has 0 atom stereocenters. The first-order chi connectivity index (χ1) is 11.9. The molecule has 0 aliphatic carbocycles. The number of amides is 2. The summed E-state index contributed by atoms with van der Waals surface area (Å²) in [5.41, 5.74) is 1.33. The van der Waals surface area contributed by atoms with Crippen LogP contribution in [0.2, 0.25) is 0 Å². The quantitative estimate of drug-likeness (QED) is 0.762. The lowest BCUT2D eigenvalue weighted by atomic mass is 9.87. The van der Waals surface area contributed by atoms with E-state index in [9.17, 15) is 14.4 Å². The van der Waals surface area contributed by atoms with Gasteiger partial charge < -0.3 is 15.4 Å². The predicted molar refractivity (Wildman–Crippen MR) is 101 cm³/mol. The third-order valence-electron chi connectivity index (χ3n) is 3.51. The average molecular weight is 362 g/mol. The van der Waals surface area contributed by atoms with Crippen LogP contribution in [0, 0.1) is 0 Å². The van der Waals surface area contributed by atoms with E-state index in [1.165, 1.54) is 0 Å². The minimum atomic E-state index is -0.530. The maximum atomic E-state index is 12.1. The molecule has 1 aromatic carbocycles. The van der Waals surface area contributed by atoms with Gasteiger partial charge in [-0.25, -0.2) is 0 Å². The average Bonchev–Trinajstić information content (AvgIpc) is 2.50. The van der Waals surface area contributed by atoms with Gasteiger partial charge in [0.05, 0.1) is 6.42 Å². The van der Waals surface area contributed by atoms with Crippen LogP contribution in [0.4, 0.5) is 0 Å². The molecule has 0 radical (unpaired) electrons. The number of ether oxygens (including phenoxy) is 1. The standard InChI is InChI=1S/C20H30N2O4/c1-19(2,3)15-9-7-14(8-10-15)18(25)21-12-11-17(24)26-13-16(23)22-20(4,5)6/h7-10H,11-13H2,1-6H3,(H,21,25)(H,22,23). The molecule has 0 aromatic heterocycles. The fourth-order valence-electron chi connectivity index (χ4n) is 2.17. The smallest absolute Gasteiger partial charge is 0.308 e. The van der Waals surface area contributed by atoms with Gasteiger partial charge in [0.1, 0.15) is 0 Å². The Kier molecular flexibility index (Phi) is 7.36. The highest BCUT2D eigenvalue weighted by molar-refractivity contribution is 5.94. The topological polar surface area (TPSA) is 84.5 Å². The molecule has 26 heavy (non-hydrogen) atoms. The van der Waals surface area contributed by atoms with Crippen LogP contribution >= 0.6 is 0 Å². The first-order valence-corrected chi connectivity index (χ1v) is 8.74. The molecule has 1 rings (SSSR count). The van der Waals surface area contributed by atoms with Crippen LogP contribution in [-0.2, 0) is 19.7 Å². The molecule has 0 aliphatic rings. The van der Waals surface area contributed by atoms with Crippen molar-refractivity contribution in [1.82, 2.24) is 10.6 Å². The molecule has 0 saturated carbocycles. The molecule has 1 aromatic rings. The second-order valence-electron chi connectivity index (χ2n) is 8.29. The highest BCUT2D eigenvalue weighted by Gasteiger charge is 2.16. The van der Waals surface area contributed by atoms with Crippen molar-refractivity contribution in [2.75, 3.05) is 13.2 Å². The van der Waals surface area contributed by atoms with E-state index in [1.54, 1.807) is 12.1 Å². The van der Waals surface area contributed by atoms with Crippen LogP contribution in [-0.4, -0.2) is 36.5 Å². The molecule has 2 N–H and O–H groups in total. The highest BCUT2D eigenvalue weighted by atomic mass is 16.5. The summed E-state index contributed by atoms with van der Waals surface area (Å²) in [7, 11) is 0. The van der Waals surface area contributed by atoms with Crippen molar-refractivity contribution >= 4 is 17.8 Å². The van der Waals surface area contributed by atoms with Gasteiger partial charge >= 0.3 is 5.97 Å². The van der Waals surface area contributed by atoms with Crippen LogP contribution in [0.25, 0.3) is 0 Å². The Morgan fingerprint density at radius 2 is 1.54 bits per heavy atom. The fraction of sp³-hybridized carbons (Fsp3) is 0.550. The maximum Gasteiger partial charge on any atom is 0.308 e. The highest BCUT2D eigenvalue weighted by Crippen LogP contribution is 2.22. The van der Waals surface area contributed by atoms with Gasteiger partial charge in [-0.2, -0.15) is 0 Å².